The van der Waals surface area contributed by atoms with Crippen molar-refractivity contribution in [3.8, 4) is 0 Å². The van der Waals surface area contributed by atoms with E-state index in [0.29, 0.717) is 17.8 Å². The van der Waals surface area contributed by atoms with Gasteiger partial charge in [-0.05, 0) is 19.9 Å². The Balaban J connectivity index is 2.87. The lowest BCUT2D eigenvalue weighted by Gasteiger charge is -2.14. The SMILES string of the molecule is CCOC(=O)c1cc(N)ncc1NCC(C)S(C)=O. The lowest BCUT2D eigenvalue weighted by atomic mass is 10.2. The second kappa shape index (κ2) is 7.08. The van der Waals surface area contributed by atoms with Crippen LogP contribution < -0.4 is 11.1 Å². The van der Waals surface area contributed by atoms with Gasteiger partial charge >= 0.3 is 5.97 Å². The number of esters is 1. The van der Waals surface area contributed by atoms with Gasteiger partial charge in [-0.15, -0.1) is 0 Å². The van der Waals surface area contributed by atoms with Crippen LogP contribution in [0.1, 0.15) is 24.2 Å². The highest BCUT2D eigenvalue weighted by Crippen LogP contribution is 2.18. The maximum atomic E-state index is 11.8. The number of pyridine rings is 1. The molecule has 0 aromatic carbocycles. The number of hydrogen-bond donors (Lipinski definition) is 2. The van der Waals surface area contributed by atoms with Gasteiger partial charge < -0.3 is 15.8 Å². The van der Waals surface area contributed by atoms with Gasteiger partial charge in [0, 0.05) is 28.9 Å². The van der Waals surface area contributed by atoms with Crippen molar-refractivity contribution in [2.24, 2.45) is 0 Å². The van der Waals surface area contributed by atoms with Gasteiger partial charge in [0.05, 0.1) is 24.1 Å². The molecule has 1 aromatic heterocycles. The Morgan fingerprint density at radius 2 is 2.32 bits per heavy atom. The first kappa shape index (κ1) is 15.4. The molecule has 0 radical (unpaired) electrons. The number of hydrogen-bond acceptors (Lipinski definition) is 6. The van der Waals surface area contributed by atoms with E-state index >= 15 is 0 Å². The molecule has 0 aliphatic rings. The number of nitrogens with two attached hydrogens (primary N) is 1. The van der Waals surface area contributed by atoms with Crippen LogP contribution in [0, 0.1) is 0 Å². The molecule has 7 heteroatoms. The first-order valence-electron chi connectivity index (χ1n) is 5.94. The van der Waals surface area contributed by atoms with Crippen LogP contribution in [0.15, 0.2) is 12.3 Å². The van der Waals surface area contributed by atoms with E-state index in [1.807, 2.05) is 6.92 Å². The molecule has 0 aliphatic carbocycles. The van der Waals surface area contributed by atoms with E-state index in [4.69, 9.17) is 10.5 Å². The van der Waals surface area contributed by atoms with Crippen LogP contribution in [0.3, 0.4) is 0 Å². The van der Waals surface area contributed by atoms with E-state index in [0.717, 1.165) is 0 Å². The largest absolute Gasteiger partial charge is 0.462 e. The van der Waals surface area contributed by atoms with Gasteiger partial charge in [0.15, 0.2) is 0 Å². The van der Waals surface area contributed by atoms with Gasteiger partial charge in [-0.3, -0.25) is 4.21 Å². The number of nitrogen functional groups attached to an aromatic ring is 1. The molecule has 1 heterocycles. The lowest BCUT2D eigenvalue weighted by Crippen LogP contribution is -2.22. The molecule has 2 atom stereocenters. The summed E-state index contributed by atoms with van der Waals surface area (Å²) in [5.41, 5.74) is 6.44. The van der Waals surface area contributed by atoms with Gasteiger partial charge in [0.25, 0.3) is 0 Å². The second-order valence-corrected chi connectivity index (χ2v) is 5.87. The van der Waals surface area contributed by atoms with E-state index in [2.05, 4.69) is 10.3 Å². The Labute approximate surface area is 115 Å². The number of carbonyl (C=O) groups is 1. The Bertz CT molecular complexity index is 479. The number of ether oxygens (including phenoxy) is 1. The van der Waals surface area contributed by atoms with E-state index in [1.54, 1.807) is 13.2 Å². The van der Waals surface area contributed by atoms with Crippen molar-refractivity contribution < 1.29 is 13.7 Å². The van der Waals surface area contributed by atoms with Crippen molar-refractivity contribution in [2.75, 3.05) is 30.5 Å². The minimum absolute atomic E-state index is 0.0346. The van der Waals surface area contributed by atoms with Crippen molar-refractivity contribution >= 4 is 28.3 Å². The first-order valence-corrected chi connectivity index (χ1v) is 7.56. The maximum Gasteiger partial charge on any atom is 0.340 e. The average Bonchev–Trinajstić information content (AvgIpc) is 2.36. The van der Waals surface area contributed by atoms with Crippen LogP contribution >= 0.6 is 0 Å². The summed E-state index contributed by atoms with van der Waals surface area (Å²) in [5, 5.41) is 3.01. The normalized spacial score (nSPS) is 13.6. The fourth-order valence-corrected chi connectivity index (χ4v) is 1.68. The highest BCUT2D eigenvalue weighted by atomic mass is 32.2. The number of nitrogens with zero attached hydrogens (tertiary/aromatic N) is 1. The molecule has 19 heavy (non-hydrogen) atoms. The minimum Gasteiger partial charge on any atom is -0.462 e. The highest BCUT2D eigenvalue weighted by molar-refractivity contribution is 7.84. The van der Waals surface area contributed by atoms with Crippen LogP contribution in [0.4, 0.5) is 11.5 Å². The van der Waals surface area contributed by atoms with Crippen LogP contribution in [0.25, 0.3) is 0 Å². The molecule has 3 N–H and O–H groups in total. The number of nitrogens with one attached hydrogen (secondary N) is 1. The summed E-state index contributed by atoms with van der Waals surface area (Å²) >= 11 is 0. The van der Waals surface area contributed by atoms with Gasteiger partial charge in [-0.2, -0.15) is 0 Å². The van der Waals surface area contributed by atoms with E-state index in [-0.39, 0.29) is 17.7 Å². The van der Waals surface area contributed by atoms with Gasteiger partial charge in [0.1, 0.15) is 5.82 Å². The third-order valence-corrected chi connectivity index (χ3v) is 3.87. The summed E-state index contributed by atoms with van der Waals surface area (Å²) in [4.78, 5) is 15.7. The molecule has 0 saturated carbocycles. The molecule has 0 amide bonds. The summed E-state index contributed by atoms with van der Waals surface area (Å²) in [6.45, 7) is 4.35. The second-order valence-electron chi connectivity index (χ2n) is 4.07. The van der Waals surface area contributed by atoms with Crippen molar-refractivity contribution in [3.63, 3.8) is 0 Å². The summed E-state index contributed by atoms with van der Waals surface area (Å²) in [6.07, 6.45) is 3.12. The number of aromatic nitrogens is 1. The molecule has 0 spiro atoms. The number of rotatable bonds is 6. The quantitative estimate of drug-likeness (QED) is 0.758. The van der Waals surface area contributed by atoms with Crippen LogP contribution in [-0.2, 0) is 15.5 Å². The zero-order chi connectivity index (χ0) is 14.4. The molecular formula is C12H19N3O3S. The lowest BCUT2D eigenvalue weighted by molar-refractivity contribution is 0.0527. The summed E-state index contributed by atoms with van der Waals surface area (Å²) in [6, 6.07) is 1.47. The van der Waals surface area contributed by atoms with Gasteiger partial charge in [-0.25, -0.2) is 9.78 Å². The fourth-order valence-electron chi connectivity index (χ4n) is 1.36. The predicted molar refractivity (Wildman–Crippen MR) is 76.6 cm³/mol. The summed E-state index contributed by atoms with van der Waals surface area (Å²) in [5.74, 6) is -0.204. The van der Waals surface area contributed by atoms with Crippen molar-refractivity contribution in [3.05, 3.63) is 17.8 Å². The molecule has 2 unspecified atom stereocenters. The minimum atomic E-state index is -0.933. The summed E-state index contributed by atoms with van der Waals surface area (Å²) in [7, 11) is -0.933. The molecule has 0 fully saturated rings. The van der Waals surface area contributed by atoms with E-state index in [1.165, 1.54) is 12.3 Å². The van der Waals surface area contributed by atoms with Crippen molar-refractivity contribution in [1.82, 2.24) is 4.98 Å². The smallest absolute Gasteiger partial charge is 0.340 e. The zero-order valence-electron chi connectivity index (χ0n) is 11.3. The van der Waals surface area contributed by atoms with Crippen molar-refractivity contribution in [2.45, 2.75) is 19.1 Å². The van der Waals surface area contributed by atoms with Crippen molar-refractivity contribution in [1.29, 1.82) is 0 Å². The van der Waals surface area contributed by atoms with Crippen LogP contribution in [0.5, 0.6) is 0 Å². The van der Waals surface area contributed by atoms with E-state index < -0.39 is 16.8 Å². The standard InChI is InChI=1S/C12H19N3O3S/c1-4-18-12(16)9-5-11(13)15-7-10(9)14-6-8(2)19(3)17/h5,7-8,14H,4,6H2,1-3H3,(H2,13,15). The Morgan fingerprint density at radius 3 is 2.89 bits per heavy atom. The van der Waals surface area contributed by atoms with Crippen LogP contribution in [0.2, 0.25) is 0 Å². The summed E-state index contributed by atoms with van der Waals surface area (Å²) < 4.78 is 16.2. The van der Waals surface area contributed by atoms with Crippen LogP contribution in [-0.4, -0.2) is 39.8 Å². The molecule has 1 aromatic rings. The zero-order valence-corrected chi connectivity index (χ0v) is 12.1. The average molecular weight is 285 g/mol. The predicted octanol–water partition coefficient (Wildman–Crippen LogP) is 1.02. The van der Waals surface area contributed by atoms with E-state index in [9.17, 15) is 9.00 Å². The third kappa shape index (κ3) is 4.51. The molecular weight excluding hydrogens is 266 g/mol. The molecule has 106 valence electrons. The number of carbonyl (C=O) groups excluding carboxylic acids is 1. The fraction of sp³-hybridized carbons (Fsp3) is 0.500. The Kier molecular flexibility index (Phi) is 5.75. The molecule has 0 saturated heterocycles. The Hall–Kier alpha value is -1.63. The maximum absolute atomic E-state index is 11.8. The third-order valence-electron chi connectivity index (χ3n) is 2.57. The van der Waals surface area contributed by atoms with Gasteiger partial charge in [-0.1, -0.05) is 0 Å². The van der Waals surface area contributed by atoms with Gasteiger partial charge in [0.2, 0.25) is 0 Å². The Morgan fingerprint density at radius 1 is 1.63 bits per heavy atom. The first-order chi connectivity index (χ1) is 8.95. The molecule has 1 rings (SSSR count). The highest BCUT2D eigenvalue weighted by Gasteiger charge is 2.15. The molecule has 0 bridgehead atoms. The molecule has 6 nitrogen and oxygen atoms in total. The monoisotopic (exact) mass is 285 g/mol. The topological polar surface area (TPSA) is 94.3 Å². The number of anilines is 2. The molecule has 0 aliphatic heterocycles.